The van der Waals surface area contributed by atoms with Crippen molar-refractivity contribution in [3.8, 4) is 11.5 Å². The number of carbonyl (C=O) groups is 4. The summed E-state index contributed by atoms with van der Waals surface area (Å²) in [5.74, 6) is -3.23. The number of phenolic OH excluding ortho intramolecular Hbond substituents is 2. The maximum Gasteiger partial charge on any atom is 0.326 e. The smallest absolute Gasteiger partial charge is 0.326 e. The molecule has 0 fully saturated rings. The van der Waals surface area contributed by atoms with Crippen LogP contribution in [-0.4, -0.2) is 68.2 Å². The molecule has 1 heterocycles. The minimum absolute atomic E-state index is 0.0142. The Morgan fingerprint density at radius 2 is 1.18 bits per heavy atom. The molecule has 0 spiro atoms. The molecular weight excluding hydrogens is 566 g/mol. The van der Waals surface area contributed by atoms with Gasteiger partial charge in [-0.1, -0.05) is 42.5 Å². The van der Waals surface area contributed by atoms with Crippen molar-refractivity contribution in [3.63, 3.8) is 0 Å². The van der Waals surface area contributed by atoms with Gasteiger partial charge in [-0.25, -0.2) is 4.79 Å². The van der Waals surface area contributed by atoms with Gasteiger partial charge in [-0.3, -0.25) is 14.4 Å². The SMILES string of the molecule is CC(N)C(=O)NC(Cc1ccc(O)cc1)C(=O)NC(Cc1c[nH]c2ccccc12)C(=O)NC(Cc1ccc(O)cc1)C(=O)O. The van der Waals surface area contributed by atoms with E-state index in [1.807, 2.05) is 24.3 Å². The van der Waals surface area contributed by atoms with E-state index in [4.69, 9.17) is 5.73 Å². The molecule has 1 aromatic heterocycles. The molecule has 0 radical (unpaired) electrons. The maximum absolute atomic E-state index is 13.7. The highest BCUT2D eigenvalue weighted by Crippen LogP contribution is 2.20. The predicted molar refractivity (Wildman–Crippen MR) is 163 cm³/mol. The second-order valence-electron chi connectivity index (χ2n) is 10.6. The molecular formula is C32H35N5O7. The van der Waals surface area contributed by atoms with Gasteiger partial charge in [0.05, 0.1) is 6.04 Å². The van der Waals surface area contributed by atoms with Crippen molar-refractivity contribution in [2.75, 3.05) is 0 Å². The normalized spacial score (nSPS) is 13.8. The van der Waals surface area contributed by atoms with Gasteiger partial charge in [-0.05, 0) is 53.9 Å². The molecule has 4 aromatic rings. The molecule has 0 aliphatic carbocycles. The summed E-state index contributed by atoms with van der Waals surface area (Å²) < 4.78 is 0. The van der Waals surface area contributed by atoms with Gasteiger partial charge in [-0.15, -0.1) is 0 Å². The molecule has 12 heteroatoms. The van der Waals surface area contributed by atoms with Crippen molar-refractivity contribution in [1.29, 1.82) is 0 Å². The summed E-state index contributed by atoms with van der Waals surface area (Å²) in [5.41, 5.74) is 8.46. The second kappa shape index (κ2) is 14.2. The van der Waals surface area contributed by atoms with E-state index in [0.29, 0.717) is 16.7 Å². The van der Waals surface area contributed by atoms with Crippen LogP contribution in [0.3, 0.4) is 0 Å². The summed E-state index contributed by atoms with van der Waals surface area (Å²) >= 11 is 0. The number of aromatic amines is 1. The third-order valence-corrected chi connectivity index (χ3v) is 7.15. The number of carbonyl (C=O) groups excluding carboxylic acids is 3. The van der Waals surface area contributed by atoms with E-state index in [2.05, 4.69) is 20.9 Å². The molecule has 3 amide bonds. The number of amides is 3. The molecule has 3 aromatic carbocycles. The minimum Gasteiger partial charge on any atom is -0.508 e. The summed E-state index contributed by atoms with van der Waals surface area (Å²) in [6, 6.07) is 14.9. The molecule has 0 aliphatic heterocycles. The number of nitrogens with two attached hydrogens (primary N) is 1. The number of rotatable bonds is 13. The van der Waals surface area contributed by atoms with Gasteiger partial charge in [0.2, 0.25) is 17.7 Å². The van der Waals surface area contributed by atoms with Gasteiger partial charge < -0.3 is 42.0 Å². The number of H-pyrrole nitrogens is 1. The molecule has 12 nitrogen and oxygen atoms in total. The quantitative estimate of drug-likeness (QED) is 0.112. The van der Waals surface area contributed by atoms with Crippen LogP contribution in [0.2, 0.25) is 0 Å². The molecule has 0 saturated heterocycles. The molecule has 0 bridgehead atoms. The van der Waals surface area contributed by atoms with Crippen LogP contribution in [0.5, 0.6) is 11.5 Å². The Kier molecular flexibility index (Phi) is 10.2. The Morgan fingerprint density at radius 3 is 1.73 bits per heavy atom. The minimum atomic E-state index is -1.33. The number of carboxylic acid groups (broad SMARTS) is 1. The van der Waals surface area contributed by atoms with Crippen LogP contribution < -0.4 is 21.7 Å². The molecule has 44 heavy (non-hydrogen) atoms. The highest BCUT2D eigenvalue weighted by atomic mass is 16.4. The number of aromatic hydroxyl groups is 2. The van der Waals surface area contributed by atoms with Crippen molar-refractivity contribution >= 4 is 34.6 Å². The van der Waals surface area contributed by atoms with E-state index in [9.17, 15) is 34.5 Å². The van der Waals surface area contributed by atoms with Gasteiger partial charge in [0, 0.05) is 36.4 Å². The molecule has 230 valence electrons. The largest absolute Gasteiger partial charge is 0.508 e. The van der Waals surface area contributed by atoms with Crippen LogP contribution in [0.1, 0.15) is 23.6 Å². The first-order valence-corrected chi connectivity index (χ1v) is 14.0. The summed E-state index contributed by atoms with van der Waals surface area (Å²) in [5, 5.41) is 37.8. The van der Waals surface area contributed by atoms with Crippen LogP contribution in [-0.2, 0) is 38.4 Å². The van der Waals surface area contributed by atoms with E-state index in [1.165, 1.54) is 31.2 Å². The van der Waals surface area contributed by atoms with Gasteiger partial charge in [0.15, 0.2) is 0 Å². The van der Waals surface area contributed by atoms with Gasteiger partial charge in [-0.2, -0.15) is 0 Å². The fourth-order valence-corrected chi connectivity index (χ4v) is 4.72. The van der Waals surface area contributed by atoms with Gasteiger partial charge in [0.1, 0.15) is 29.6 Å². The van der Waals surface area contributed by atoms with Gasteiger partial charge >= 0.3 is 5.97 Å². The summed E-state index contributed by atoms with van der Waals surface area (Å²) in [7, 11) is 0. The van der Waals surface area contributed by atoms with Crippen molar-refractivity contribution < 1.29 is 34.5 Å². The van der Waals surface area contributed by atoms with Crippen LogP contribution in [0.15, 0.2) is 79.0 Å². The van der Waals surface area contributed by atoms with Crippen LogP contribution in [0.25, 0.3) is 10.9 Å². The zero-order valence-electron chi connectivity index (χ0n) is 24.0. The van der Waals surface area contributed by atoms with Crippen molar-refractivity contribution in [2.24, 2.45) is 5.73 Å². The molecule has 9 N–H and O–H groups in total. The molecule has 4 atom stereocenters. The Labute approximate surface area is 253 Å². The number of para-hydroxylation sites is 1. The number of nitrogens with one attached hydrogen (secondary N) is 4. The number of benzene rings is 3. The zero-order valence-corrected chi connectivity index (χ0v) is 24.0. The van der Waals surface area contributed by atoms with Crippen LogP contribution in [0, 0.1) is 0 Å². The summed E-state index contributed by atoms with van der Waals surface area (Å²) in [6.45, 7) is 1.47. The van der Waals surface area contributed by atoms with E-state index in [0.717, 1.165) is 10.9 Å². The van der Waals surface area contributed by atoms with Crippen LogP contribution >= 0.6 is 0 Å². The maximum atomic E-state index is 13.7. The van der Waals surface area contributed by atoms with E-state index >= 15 is 0 Å². The fourth-order valence-electron chi connectivity index (χ4n) is 4.72. The average Bonchev–Trinajstić information content (AvgIpc) is 3.40. The first-order chi connectivity index (χ1) is 21.0. The van der Waals surface area contributed by atoms with E-state index in [-0.39, 0.29) is 30.8 Å². The molecule has 4 unspecified atom stereocenters. The Hall–Kier alpha value is -5.36. The highest BCUT2D eigenvalue weighted by Gasteiger charge is 2.31. The monoisotopic (exact) mass is 601 g/mol. The number of hydrogen-bond acceptors (Lipinski definition) is 7. The lowest BCUT2D eigenvalue weighted by molar-refractivity contribution is -0.142. The van der Waals surface area contributed by atoms with Crippen molar-refractivity contribution in [2.45, 2.75) is 50.4 Å². The number of aromatic nitrogens is 1. The van der Waals surface area contributed by atoms with Crippen LogP contribution in [0.4, 0.5) is 0 Å². The number of aliphatic carboxylic acids is 1. The fraction of sp³-hybridized carbons (Fsp3) is 0.250. The zero-order chi connectivity index (χ0) is 31.8. The van der Waals surface area contributed by atoms with E-state index in [1.54, 1.807) is 30.5 Å². The van der Waals surface area contributed by atoms with Crippen molar-refractivity contribution in [1.82, 2.24) is 20.9 Å². The van der Waals surface area contributed by atoms with Gasteiger partial charge in [0.25, 0.3) is 0 Å². The number of fused-ring (bicyclic) bond motifs is 1. The summed E-state index contributed by atoms with van der Waals surface area (Å²) in [6.07, 6.45) is 1.70. The first-order valence-electron chi connectivity index (χ1n) is 14.0. The highest BCUT2D eigenvalue weighted by molar-refractivity contribution is 5.95. The standard InChI is InChI=1S/C32H35N5O7/c1-18(33)29(40)35-26(14-19-6-10-22(38)11-7-19)30(41)36-27(16-21-17-34-25-5-3-2-4-24(21)25)31(42)37-28(32(43)44)15-20-8-12-23(39)13-9-20/h2-13,17-18,26-28,34,38-39H,14-16,33H2,1H3,(H,35,40)(H,36,41)(H,37,42)(H,43,44). The molecule has 0 saturated carbocycles. The first kappa shape index (κ1) is 31.6. The van der Waals surface area contributed by atoms with E-state index < -0.39 is 47.9 Å². The second-order valence-corrected chi connectivity index (χ2v) is 10.6. The number of carboxylic acids is 1. The lowest BCUT2D eigenvalue weighted by Gasteiger charge is -2.25. The predicted octanol–water partition coefficient (Wildman–Crippen LogP) is 1.49. The summed E-state index contributed by atoms with van der Waals surface area (Å²) in [4.78, 5) is 55.1. The Morgan fingerprint density at radius 1 is 0.705 bits per heavy atom. The lowest BCUT2D eigenvalue weighted by Crippen LogP contribution is -2.58. The number of hydrogen-bond donors (Lipinski definition) is 8. The number of phenols is 2. The molecule has 4 rings (SSSR count). The third-order valence-electron chi connectivity index (χ3n) is 7.15. The third kappa shape index (κ3) is 8.35. The Bertz CT molecular complexity index is 1620. The Balaban J connectivity index is 1.61. The average molecular weight is 602 g/mol. The topological polar surface area (TPSA) is 207 Å². The van der Waals surface area contributed by atoms with Crippen molar-refractivity contribution in [3.05, 3.63) is 95.7 Å². The lowest BCUT2D eigenvalue weighted by atomic mass is 10.0. The molecule has 0 aliphatic rings.